The third kappa shape index (κ3) is 4.73. The summed E-state index contributed by atoms with van der Waals surface area (Å²) < 4.78 is 0. The monoisotopic (exact) mass is 241 g/mol. The van der Waals surface area contributed by atoms with E-state index in [2.05, 4.69) is 10.6 Å². The fraction of sp³-hybridized carbons (Fsp3) is 0.833. The Bertz CT molecular complexity index is 287. The Morgan fingerprint density at radius 3 is 2.35 bits per heavy atom. The highest BCUT2D eigenvalue weighted by Crippen LogP contribution is 2.32. The molecule has 0 radical (unpaired) electrons. The zero-order valence-electron chi connectivity index (χ0n) is 10.8. The summed E-state index contributed by atoms with van der Waals surface area (Å²) in [5.74, 6) is 0.277. The number of carbonyl (C=O) groups excluding carboxylic acids is 2. The van der Waals surface area contributed by atoms with Gasteiger partial charge >= 0.3 is 0 Å². The van der Waals surface area contributed by atoms with Gasteiger partial charge in [-0.15, -0.1) is 0 Å². The van der Waals surface area contributed by atoms with E-state index in [1.165, 1.54) is 12.8 Å². The van der Waals surface area contributed by atoms with E-state index in [4.69, 9.17) is 5.73 Å². The first-order valence-electron chi connectivity index (χ1n) is 6.24. The fourth-order valence-corrected chi connectivity index (χ4v) is 1.61. The van der Waals surface area contributed by atoms with E-state index in [0.29, 0.717) is 5.92 Å². The van der Waals surface area contributed by atoms with Crippen molar-refractivity contribution in [3.8, 4) is 0 Å². The molecule has 1 saturated carbocycles. The normalized spacial score (nSPS) is 18.6. The number of hydrogen-bond donors (Lipinski definition) is 3. The molecular weight excluding hydrogens is 218 g/mol. The SMILES string of the molecule is CC(NC(=O)CNC(=O)[C@@H](N)C(C)C)C1CC1. The van der Waals surface area contributed by atoms with Crippen molar-refractivity contribution in [2.75, 3.05) is 6.54 Å². The number of carbonyl (C=O) groups is 2. The summed E-state index contributed by atoms with van der Waals surface area (Å²) in [5.41, 5.74) is 5.66. The Balaban J connectivity index is 2.20. The minimum Gasteiger partial charge on any atom is -0.352 e. The number of nitrogens with one attached hydrogen (secondary N) is 2. The lowest BCUT2D eigenvalue weighted by atomic mass is 10.1. The predicted molar refractivity (Wildman–Crippen MR) is 66.2 cm³/mol. The second-order valence-corrected chi connectivity index (χ2v) is 5.18. The van der Waals surface area contributed by atoms with E-state index in [1.807, 2.05) is 20.8 Å². The molecule has 0 saturated heterocycles. The maximum absolute atomic E-state index is 11.5. The Hall–Kier alpha value is -1.10. The molecule has 98 valence electrons. The molecule has 4 N–H and O–H groups in total. The van der Waals surface area contributed by atoms with Crippen LogP contribution >= 0.6 is 0 Å². The zero-order valence-corrected chi connectivity index (χ0v) is 10.8. The van der Waals surface area contributed by atoms with Crippen LogP contribution in [0, 0.1) is 11.8 Å². The quantitative estimate of drug-likeness (QED) is 0.612. The van der Waals surface area contributed by atoms with Crippen LogP contribution in [0.25, 0.3) is 0 Å². The smallest absolute Gasteiger partial charge is 0.239 e. The second kappa shape index (κ2) is 6.00. The molecule has 0 spiro atoms. The summed E-state index contributed by atoms with van der Waals surface area (Å²) in [6, 6.07) is -0.346. The van der Waals surface area contributed by atoms with E-state index in [9.17, 15) is 9.59 Å². The van der Waals surface area contributed by atoms with Crippen molar-refractivity contribution in [2.24, 2.45) is 17.6 Å². The van der Waals surface area contributed by atoms with Crippen molar-refractivity contribution in [3.05, 3.63) is 0 Å². The van der Waals surface area contributed by atoms with E-state index in [0.717, 1.165) is 0 Å². The molecular formula is C12H23N3O2. The van der Waals surface area contributed by atoms with Gasteiger partial charge in [-0.25, -0.2) is 0 Å². The van der Waals surface area contributed by atoms with Crippen LogP contribution in [0.2, 0.25) is 0 Å². The standard InChI is InChI=1S/C12H23N3O2/c1-7(2)11(13)12(17)14-6-10(16)15-8(3)9-4-5-9/h7-9,11H,4-6,13H2,1-3H3,(H,14,17)(H,15,16)/t8?,11-/m0/s1. The molecule has 5 heteroatoms. The van der Waals surface area contributed by atoms with E-state index in [-0.39, 0.29) is 30.3 Å². The first-order valence-corrected chi connectivity index (χ1v) is 6.24. The van der Waals surface area contributed by atoms with Gasteiger partial charge in [-0.2, -0.15) is 0 Å². The number of nitrogens with two attached hydrogens (primary N) is 1. The van der Waals surface area contributed by atoms with Gasteiger partial charge in [0.05, 0.1) is 12.6 Å². The van der Waals surface area contributed by atoms with Gasteiger partial charge in [0.1, 0.15) is 0 Å². The maximum Gasteiger partial charge on any atom is 0.239 e. The first-order chi connectivity index (χ1) is 7.91. The van der Waals surface area contributed by atoms with Crippen LogP contribution in [-0.4, -0.2) is 30.4 Å². The maximum atomic E-state index is 11.5. The Morgan fingerprint density at radius 2 is 1.88 bits per heavy atom. The number of amides is 2. The molecule has 2 atom stereocenters. The van der Waals surface area contributed by atoms with Crippen molar-refractivity contribution in [3.63, 3.8) is 0 Å². The van der Waals surface area contributed by atoms with E-state index >= 15 is 0 Å². The summed E-state index contributed by atoms with van der Waals surface area (Å²) in [6.45, 7) is 5.76. The highest BCUT2D eigenvalue weighted by atomic mass is 16.2. The van der Waals surface area contributed by atoms with Crippen molar-refractivity contribution in [1.82, 2.24) is 10.6 Å². The summed E-state index contributed by atoms with van der Waals surface area (Å²) in [6.07, 6.45) is 2.37. The van der Waals surface area contributed by atoms with E-state index in [1.54, 1.807) is 0 Å². The minimum absolute atomic E-state index is 0.0102. The van der Waals surface area contributed by atoms with E-state index < -0.39 is 6.04 Å². The molecule has 0 heterocycles. The van der Waals surface area contributed by atoms with Crippen LogP contribution < -0.4 is 16.4 Å². The van der Waals surface area contributed by atoms with Gasteiger partial charge in [-0.1, -0.05) is 13.8 Å². The third-order valence-corrected chi connectivity index (χ3v) is 3.16. The van der Waals surface area contributed by atoms with Gasteiger partial charge in [0.25, 0.3) is 0 Å². The Morgan fingerprint density at radius 1 is 1.29 bits per heavy atom. The van der Waals surface area contributed by atoms with Crippen LogP contribution in [0.4, 0.5) is 0 Å². The van der Waals surface area contributed by atoms with Gasteiger partial charge in [-0.05, 0) is 31.6 Å². The van der Waals surface area contributed by atoms with Gasteiger partial charge in [0, 0.05) is 6.04 Å². The van der Waals surface area contributed by atoms with Crippen LogP contribution in [0.1, 0.15) is 33.6 Å². The van der Waals surface area contributed by atoms with Crippen molar-refractivity contribution < 1.29 is 9.59 Å². The first kappa shape index (κ1) is 14.0. The van der Waals surface area contributed by atoms with Crippen molar-refractivity contribution in [2.45, 2.75) is 45.7 Å². The average molecular weight is 241 g/mol. The summed E-state index contributed by atoms with van der Waals surface area (Å²) >= 11 is 0. The average Bonchev–Trinajstić information content (AvgIpc) is 3.08. The zero-order chi connectivity index (χ0) is 13.0. The molecule has 2 amide bonds. The van der Waals surface area contributed by atoms with Gasteiger partial charge < -0.3 is 16.4 Å². The van der Waals surface area contributed by atoms with Gasteiger partial charge in [0.2, 0.25) is 11.8 Å². The Labute approximate surface area is 103 Å². The predicted octanol–water partition coefficient (Wildman–Crippen LogP) is 0.000600. The summed E-state index contributed by atoms with van der Waals surface area (Å²) in [4.78, 5) is 23.0. The van der Waals surface area contributed by atoms with Gasteiger partial charge in [0.15, 0.2) is 0 Å². The highest BCUT2D eigenvalue weighted by molar-refractivity contribution is 5.87. The molecule has 0 aliphatic heterocycles. The number of hydrogen-bond acceptors (Lipinski definition) is 3. The largest absolute Gasteiger partial charge is 0.352 e. The van der Waals surface area contributed by atoms with Crippen molar-refractivity contribution in [1.29, 1.82) is 0 Å². The van der Waals surface area contributed by atoms with Crippen LogP contribution in [0.15, 0.2) is 0 Å². The lowest BCUT2D eigenvalue weighted by Crippen LogP contribution is -2.48. The molecule has 0 aromatic rings. The molecule has 1 fully saturated rings. The number of rotatable bonds is 6. The highest BCUT2D eigenvalue weighted by Gasteiger charge is 2.28. The molecule has 0 bridgehead atoms. The van der Waals surface area contributed by atoms with Gasteiger partial charge in [-0.3, -0.25) is 9.59 Å². The lowest BCUT2D eigenvalue weighted by molar-refractivity contribution is -0.127. The fourth-order valence-electron chi connectivity index (χ4n) is 1.61. The van der Waals surface area contributed by atoms with Crippen molar-refractivity contribution >= 4 is 11.8 Å². The third-order valence-electron chi connectivity index (χ3n) is 3.16. The molecule has 1 aliphatic rings. The minimum atomic E-state index is -0.552. The van der Waals surface area contributed by atoms with Crippen LogP contribution in [0.5, 0.6) is 0 Å². The topological polar surface area (TPSA) is 84.2 Å². The van der Waals surface area contributed by atoms with Crippen LogP contribution in [0.3, 0.4) is 0 Å². The van der Waals surface area contributed by atoms with Crippen LogP contribution in [-0.2, 0) is 9.59 Å². The molecule has 5 nitrogen and oxygen atoms in total. The molecule has 0 aromatic heterocycles. The summed E-state index contributed by atoms with van der Waals surface area (Å²) in [5, 5.41) is 5.42. The Kier molecular flexibility index (Phi) is 4.93. The second-order valence-electron chi connectivity index (χ2n) is 5.18. The lowest BCUT2D eigenvalue weighted by Gasteiger charge is -2.16. The molecule has 17 heavy (non-hydrogen) atoms. The molecule has 1 unspecified atom stereocenters. The molecule has 0 aromatic carbocycles. The molecule has 1 rings (SSSR count). The summed E-state index contributed by atoms with van der Waals surface area (Å²) in [7, 11) is 0. The molecule has 1 aliphatic carbocycles.